The topological polar surface area (TPSA) is 75.7 Å². The Morgan fingerprint density at radius 1 is 0.970 bits per heavy atom. The van der Waals surface area contributed by atoms with E-state index in [-0.39, 0.29) is 16.2 Å². The van der Waals surface area contributed by atoms with Gasteiger partial charge in [0.15, 0.2) is 0 Å². The van der Waals surface area contributed by atoms with Crippen LogP contribution < -0.4 is 14.4 Å². The van der Waals surface area contributed by atoms with Crippen LogP contribution in [0.1, 0.15) is 42.3 Å². The second-order valence-electron chi connectivity index (χ2n) is 8.87. The molecule has 0 aromatic heterocycles. The molecule has 0 aliphatic carbocycles. The molecule has 3 aromatic carbocycles. The van der Waals surface area contributed by atoms with Crippen molar-refractivity contribution in [3.05, 3.63) is 83.4 Å². The average Bonchev–Trinajstić information content (AvgIpc) is 2.78. The van der Waals surface area contributed by atoms with Crippen LogP contribution in [-0.2, 0) is 15.4 Å². The van der Waals surface area contributed by atoms with Crippen molar-refractivity contribution in [2.75, 3.05) is 23.8 Å². The van der Waals surface area contributed by atoms with E-state index in [0.717, 1.165) is 9.87 Å². The number of para-hydroxylation sites is 3. The van der Waals surface area contributed by atoms with Gasteiger partial charge in [-0.1, -0.05) is 57.2 Å². The van der Waals surface area contributed by atoms with Crippen molar-refractivity contribution in [3.63, 3.8) is 0 Å². The summed E-state index contributed by atoms with van der Waals surface area (Å²) in [5, 5.41) is 2.96. The Bertz CT molecular complexity index is 1280. The van der Waals surface area contributed by atoms with Gasteiger partial charge in [0, 0.05) is 18.3 Å². The lowest BCUT2D eigenvalue weighted by atomic mass is 9.86. The van der Waals surface area contributed by atoms with Crippen molar-refractivity contribution in [3.8, 4) is 5.75 Å². The normalized spacial score (nSPS) is 11.7. The minimum atomic E-state index is -3.93. The van der Waals surface area contributed by atoms with Crippen LogP contribution in [0, 0.1) is 6.92 Å². The highest BCUT2D eigenvalue weighted by Gasteiger charge is 2.26. The summed E-state index contributed by atoms with van der Waals surface area (Å²) in [7, 11) is -0.975. The predicted octanol–water partition coefficient (Wildman–Crippen LogP) is 5.38. The van der Waals surface area contributed by atoms with Crippen molar-refractivity contribution in [2.24, 2.45) is 0 Å². The molecule has 3 rings (SSSR count). The van der Waals surface area contributed by atoms with Gasteiger partial charge in [-0.3, -0.25) is 9.10 Å². The summed E-state index contributed by atoms with van der Waals surface area (Å²) in [4.78, 5) is 13.2. The van der Waals surface area contributed by atoms with Gasteiger partial charge < -0.3 is 10.1 Å². The van der Waals surface area contributed by atoms with E-state index in [4.69, 9.17) is 4.74 Å². The van der Waals surface area contributed by atoms with Gasteiger partial charge in [-0.05, 0) is 53.8 Å². The van der Waals surface area contributed by atoms with Crippen molar-refractivity contribution < 1.29 is 17.9 Å². The lowest BCUT2D eigenvalue weighted by molar-refractivity contribution is 0.102. The predicted molar refractivity (Wildman–Crippen MR) is 133 cm³/mol. The first-order valence-electron chi connectivity index (χ1n) is 10.6. The molecule has 0 unspecified atom stereocenters. The van der Waals surface area contributed by atoms with Crippen LogP contribution in [0.5, 0.6) is 5.75 Å². The highest BCUT2D eigenvalue weighted by atomic mass is 32.2. The summed E-state index contributed by atoms with van der Waals surface area (Å²) in [6.07, 6.45) is 0. The number of sulfonamides is 1. The number of carbonyl (C=O) groups excluding carboxylic acids is 1. The standard InChI is InChI=1S/C26H30N2O4S/c1-18-15-16-19(33(30,31)28(5)23-13-9-10-14-24(23)32-6)17-20(18)25(29)27-22-12-8-7-11-21(22)26(2,3)4/h7-17H,1-6H3,(H,27,29). The van der Waals surface area contributed by atoms with Gasteiger partial charge in [0.2, 0.25) is 0 Å². The van der Waals surface area contributed by atoms with Crippen LogP contribution in [0.2, 0.25) is 0 Å². The molecular weight excluding hydrogens is 436 g/mol. The number of aryl methyl sites for hydroxylation is 1. The van der Waals surface area contributed by atoms with Crippen molar-refractivity contribution in [1.29, 1.82) is 0 Å². The molecule has 7 heteroatoms. The van der Waals surface area contributed by atoms with E-state index in [2.05, 4.69) is 26.1 Å². The molecule has 0 saturated carbocycles. The molecule has 0 radical (unpaired) electrons. The Balaban J connectivity index is 1.98. The molecule has 3 aromatic rings. The summed E-state index contributed by atoms with van der Waals surface area (Å²) in [6, 6.07) is 19.1. The van der Waals surface area contributed by atoms with E-state index < -0.39 is 10.0 Å². The molecule has 0 bridgehead atoms. The van der Waals surface area contributed by atoms with Crippen LogP contribution in [0.3, 0.4) is 0 Å². The molecule has 1 N–H and O–H groups in total. The molecule has 6 nitrogen and oxygen atoms in total. The Morgan fingerprint density at radius 3 is 2.27 bits per heavy atom. The Labute approximate surface area is 196 Å². The summed E-state index contributed by atoms with van der Waals surface area (Å²) in [5.74, 6) is 0.0774. The number of nitrogens with one attached hydrogen (secondary N) is 1. The Morgan fingerprint density at radius 2 is 1.61 bits per heavy atom. The van der Waals surface area contributed by atoms with Crippen LogP contribution in [0.25, 0.3) is 0 Å². The van der Waals surface area contributed by atoms with Crippen LogP contribution in [-0.4, -0.2) is 28.5 Å². The molecule has 0 aliphatic rings. The maximum Gasteiger partial charge on any atom is 0.264 e. The summed E-state index contributed by atoms with van der Waals surface area (Å²) < 4.78 is 33.2. The fourth-order valence-electron chi connectivity index (χ4n) is 3.62. The SMILES string of the molecule is COc1ccccc1N(C)S(=O)(=O)c1ccc(C)c(C(=O)Nc2ccccc2C(C)(C)C)c1. The maximum atomic E-state index is 13.4. The summed E-state index contributed by atoms with van der Waals surface area (Å²) in [5.41, 5.74) is 2.92. The number of anilines is 2. The third-order valence-electron chi connectivity index (χ3n) is 5.52. The van der Waals surface area contributed by atoms with E-state index in [1.165, 1.54) is 26.3 Å². The number of ether oxygens (including phenoxy) is 1. The van der Waals surface area contributed by atoms with Crippen LogP contribution >= 0.6 is 0 Å². The fraction of sp³-hybridized carbons (Fsp3) is 0.269. The van der Waals surface area contributed by atoms with Gasteiger partial charge in [-0.15, -0.1) is 0 Å². The first-order chi connectivity index (χ1) is 15.5. The lowest BCUT2D eigenvalue weighted by Gasteiger charge is -2.23. The number of amides is 1. The second-order valence-corrected chi connectivity index (χ2v) is 10.8. The number of methoxy groups -OCH3 is 1. The maximum absolute atomic E-state index is 13.4. The van der Waals surface area contributed by atoms with Gasteiger partial charge in [-0.25, -0.2) is 8.42 Å². The molecule has 174 valence electrons. The zero-order valence-corrected chi connectivity index (χ0v) is 20.7. The van der Waals surface area contributed by atoms with Gasteiger partial charge in [0.25, 0.3) is 15.9 Å². The van der Waals surface area contributed by atoms with Crippen molar-refractivity contribution in [1.82, 2.24) is 0 Å². The zero-order chi connectivity index (χ0) is 24.4. The van der Waals surface area contributed by atoms with E-state index in [0.29, 0.717) is 28.3 Å². The average molecular weight is 467 g/mol. The van der Waals surface area contributed by atoms with E-state index in [1.807, 2.05) is 24.3 Å². The van der Waals surface area contributed by atoms with E-state index >= 15 is 0 Å². The molecule has 0 heterocycles. The quantitative estimate of drug-likeness (QED) is 0.529. The Kier molecular flexibility index (Phi) is 6.84. The minimum absolute atomic E-state index is 0.0239. The number of hydrogen-bond acceptors (Lipinski definition) is 4. The Hall–Kier alpha value is -3.32. The number of hydrogen-bond donors (Lipinski definition) is 1. The van der Waals surface area contributed by atoms with Gasteiger partial charge in [0.05, 0.1) is 17.7 Å². The highest BCUT2D eigenvalue weighted by molar-refractivity contribution is 7.92. The molecule has 0 spiro atoms. The third-order valence-corrected chi connectivity index (χ3v) is 7.29. The summed E-state index contributed by atoms with van der Waals surface area (Å²) in [6.45, 7) is 8.00. The molecular formula is C26H30N2O4S. The number of benzene rings is 3. The van der Waals surface area contributed by atoms with Crippen LogP contribution in [0.4, 0.5) is 11.4 Å². The fourth-order valence-corrected chi connectivity index (χ4v) is 4.85. The molecule has 0 aliphatic heterocycles. The van der Waals surface area contributed by atoms with Gasteiger partial charge >= 0.3 is 0 Å². The highest BCUT2D eigenvalue weighted by Crippen LogP contribution is 2.32. The van der Waals surface area contributed by atoms with E-state index in [9.17, 15) is 13.2 Å². The molecule has 33 heavy (non-hydrogen) atoms. The molecule has 0 fully saturated rings. The third kappa shape index (κ3) is 5.03. The first kappa shape index (κ1) is 24.3. The van der Waals surface area contributed by atoms with Gasteiger partial charge in [0.1, 0.15) is 5.75 Å². The molecule has 1 amide bonds. The molecule has 0 atom stereocenters. The second kappa shape index (κ2) is 9.27. The lowest BCUT2D eigenvalue weighted by Crippen LogP contribution is -2.27. The number of carbonyl (C=O) groups is 1. The number of rotatable bonds is 6. The number of nitrogens with zero attached hydrogens (tertiary/aromatic N) is 1. The first-order valence-corrected chi connectivity index (χ1v) is 12.0. The smallest absolute Gasteiger partial charge is 0.264 e. The van der Waals surface area contributed by atoms with Crippen molar-refractivity contribution in [2.45, 2.75) is 38.0 Å². The monoisotopic (exact) mass is 466 g/mol. The minimum Gasteiger partial charge on any atom is -0.495 e. The molecule has 0 saturated heterocycles. The zero-order valence-electron chi connectivity index (χ0n) is 19.8. The van der Waals surface area contributed by atoms with Crippen LogP contribution in [0.15, 0.2) is 71.6 Å². The largest absolute Gasteiger partial charge is 0.495 e. The summed E-state index contributed by atoms with van der Waals surface area (Å²) >= 11 is 0. The van der Waals surface area contributed by atoms with Gasteiger partial charge in [-0.2, -0.15) is 0 Å². The van der Waals surface area contributed by atoms with E-state index in [1.54, 1.807) is 37.3 Å². The van der Waals surface area contributed by atoms with Crippen molar-refractivity contribution >= 4 is 27.3 Å².